The molecule has 0 aliphatic carbocycles. The van der Waals surface area contributed by atoms with Gasteiger partial charge in [0, 0.05) is 7.11 Å². The highest BCUT2D eigenvalue weighted by atomic mass is 127. The van der Waals surface area contributed by atoms with E-state index in [9.17, 15) is 0 Å². The molecule has 0 amide bonds. The molecule has 0 N–H and O–H groups in total. The van der Waals surface area contributed by atoms with Crippen LogP contribution in [0, 0.1) is 0 Å². The van der Waals surface area contributed by atoms with E-state index >= 15 is 0 Å². The topological polar surface area (TPSA) is 55.4 Å². The van der Waals surface area contributed by atoms with Crippen molar-refractivity contribution in [3.8, 4) is 0 Å². The Balaban J connectivity index is 1.60. The third-order valence-electron chi connectivity index (χ3n) is 6.69. The van der Waals surface area contributed by atoms with Crippen LogP contribution in [0.15, 0.2) is 91.0 Å². The summed E-state index contributed by atoms with van der Waals surface area (Å²) in [5.74, 6) is 0. The second-order valence-corrected chi connectivity index (χ2v) is 12.6. The fraction of sp³-hybridized carbons (Fsp3) is 0.438. The summed E-state index contributed by atoms with van der Waals surface area (Å²) in [6.07, 6.45) is -0.0383. The predicted octanol–water partition coefficient (Wildman–Crippen LogP) is 6.64. The van der Waals surface area contributed by atoms with Crippen LogP contribution in [0.25, 0.3) is 0 Å². The van der Waals surface area contributed by atoms with E-state index in [1.807, 2.05) is 60.9 Å². The lowest BCUT2D eigenvalue weighted by Crippen LogP contribution is -2.61. The lowest BCUT2D eigenvalue weighted by Gasteiger charge is -2.46. The fourth-order valence-electron chi connectivity index (χ4n) is 4.64. The van der Waals surface area contributed by atoms with Crippen LogP contribution < -0.4 is 0 Å². The third kappa shape index (κ3) is 9.25. The van der Waals surface area contributed by atoms with Gasteiger partial charge in [-0.05, 0) is 29.9 Å². The van der Waals surface area contributed by atoms with Crippen LogP contribution in [0.4, 0.5) is 0 Å². The largest absolute Gasteiger partial charge is 0.374 e. The monoisotopic (exact) mass is 678 g/mol. The fourth-order valence-corrected chi connectivity index (χ4v) is 5.85. The minimum atomic E-state index is -0.435. The maximum absolute atomic E-state index is 6.68. The summed E-state index contributed by atoms with van der Waals surface area (Å²) in [5, 5.41) is 0. The number of hydrogen-bond donors (Lipinski definition) is 0. The molecule has 0 radical (unpaired) electrons. The van der Waals surface area contributed by atoms with Gasteiger partial charge >= 0.3 is 0 Å². The Kier molecular flexibility index (Phi) is 13.2. The van der Waals surface area contributed by atoms with Gasteiger partial charge in [-0.15, -0.1) is 11.8 Å². The van der Waals surface area contributed by atoms with Crippen LogP contribution >= 0.6 is 34.4 Å². The zero-order chi connectivity index (χ0) is 28.2. The molecule has 1 fully saturated rings. The smallest absolute Gasteiger partial charge is 0.169 e. The number of rotatable bonds is 15. The van der Waals surface area contributed by atoms with Gasteiger partial charge in [-0.1, -0.05) is 114 Å². The van der Waals surface area contributed by atoms with Gasteiger partial charge in [0.1, 0.15) is 29.9 Å². The van der Waals surface area contributed by atoms with Gasteiger partial charge in [0.15, 0.2) is 6.29 Å². The van der Waals surface area contributed by atoms with Crippen LogP contribution in [0.1, 0.15) is 23.6 Å². The molecule has 2 unspecified atom stereocenters. The number of thioether (sulfide) groups is 1. The van der Waals surface area contributed by atoms with E-state index < -0.39 is 24.6 Å². The maximum Gasteiger partial charge on any atom is 0.169 e. The number of benzene rings is 3. The Labute approximate surface area is 256 Å². The zero-order valence-electron chi connectivity index (χ0n) is 23.3. The van der Waals surface area contributed by atoms with Gasteiger partial charge in [-0.2, -0.15) is 0 Å². The van der Waals surface area contributed by atoms with Gasteiger partial charge < -0.3 is 28.4 Å². The quantitative estimate of drug-likeness (QED) is 0.102. The van der Waals surface area contributed by atoms with E-state index in [0.717, 1.165) is 16.7 Å². The number of alkyl halides is 1. The van der Waals surface area contributed by atoms with E-state index in [1.165, 1.54) is 0 Å². The van der Waals surface area contributed by atoms with Crippen LogP contribution in [0.5, 0.6) is 0 Å². The summed E-state index contributed by atoms with van der Waals surface area (Å²) >= 11 is 3.92. The van der Waals surface area contributed by atoms with E-state index in [-0.39, 0.29) is 15.5 Å². The molecule has 0 bridgehead atoms. The lowest BCUT2D eigenvalue weighted by molar-refractivity contribution is -0.280. The Hall–Kier alpha value is -1.50. The van der Waals surface area contributed by atoms with Crippen molar-refractivity contribution in [2.24, 2.45) is 0 Å². The van der Waals surface area contributed by atoms with Gasteiger partial charge in [0.05, 0.1) is 30.4 Å². The van der Waals surface area contributed by atoms with Gasteiger partial charge in [-0.3, -0.25) is 0 Å². The SMILES string of the molecule is COC(O[C@@H]1[C@@H](OCc2ccccc2)[C@H](OCc2ccccc2)[C@@H](COCc2ccccc2)O[C@H]1SC)C(C)I. The number of ether oxygens (including phenoxy) is 6. The van der Waals surface area contributed by atoms with Crippen molar-refractivity contribution in [1.29, 1.82) is 0 Å². The van der Waals surface area contributed by atoms with Crippen molar-refractivity contribution in [3.63, 3.8) is 0 Å². The highest BCUT2D eigenvalue weighted by molar-refractivity contribution is 14.1. The molecule has 8 heteroatoms. The van der Waals surface area contributed by atoms with Crippen LogP contribution in [0.3, 0.4) is 0 Å². The average Bonchev–Trinajstić information content (AvgIpc) is 2.99. The zero-order valence-corrected chi connectivity index (χ0v) is 26.2. The molecule has 6 nitrogen and oxygen atoms in total. The first-order chi connectivity index (χ1) is 19.6. The lowest BCUT2D eigenvalue weighted by atomic mass is 9.98. The summed E-state index contributed by atoms with van der Waals surface area (Å²) in [7, 11) is 1.67. The first kappa shape index (κ1) is 31.4. The van der Waals surface area contributed by atoms with Crippen LogP contribution in [-0.4, -0.2) is 60.0 Å². The molecule has 1 aliphatic heterocycles. The predicted molar refractivity (Wildman–Crippen MR) is 167 cm³/mol. The minimum absolute atomic E-state index is 0.121. The van der Waals surface area contributed by atoms with E-state index in [4.69, 9.17) is 28.4 Å². The Morgan fingerprint density at radius 3 is 1.73 bits per heavy atom. The van der Waals surface area contributed by atoms with E-state index in [0.29, 0.717) is 26.4 Å². The van der Waals surface area contributed by atoms with Gasteiger partial charge in [0.25, 0.3) is 0 Å². The van der Waals surface area contributed by atoms with E-state index in [1.54, 1.807) is 18.9 Å². The van der Waals surface area contributed by atoms with Crippen molar-refractivity contribution in [3.05, 3.63) is 108 Å². The van der Waals surface area contributed by atoms with Crippen LogP contribution in [-0.2, 0) is 48.2 Å². The Bertz CT molecular complexity index is 1090. The number of methoxy groups -OCH3 is 1. The van der Waals surface area contributed by atoms with Crippen LogP contribution in [0.2, 0.25) is 0 Å². The molecule has 1 heterocycles. The summed E-state index contributed by atoms with van der Waals surface area (Å²) in [5.41, 5.74) is 2.97. The first-order valence-corrected chi connectivity index (χ1v) is 16.1. The molecule has 1 aliphatic rings. The molecule has 0 aromatic heterocycles. The molecule has 40 heavy (non-hydrogen) atoms. The van der Waals surface area contributed by atoms with Crippen molar-refractivity contribution in [2.75, 3.05) is 20.0 Å². The summed E-state index contributed by atoms with van der Waals surface area (Å²) in [4.78, 5) is 0. The molecule has 7 atom stereocenters. The Morgan fingerprint density at radius 1 is 0.750 bits per heavy atom. The Morgan fingerprint density at radius 2 is 1.25 bits per heavy atom. The average molecular weight is 679 g/mol. The molecule has 0 saturated carbocycles. The molecular formula is C32H39IO6S. The highest BCUT2D eigenvalue weighted by Gasteiger charge is 2.49. The normalized spacial score (nSPS) is 24.4. The number of halogens is 1. The molecule has 216 valence electrons. The second-order valence-electron chi connectivity index (χ2n) is 9.68. The summed E-state index contributed by atoms with van der Waals surface area (Å²) in [6.45, 7) is 3.76. The third-order valence-corrected chi connectivity index (χ3v) is 8.12. The second kappa shape index (κ2) is 16.8. The molecule has 4 rings (SSSR count). The van der Waals surface area contributed by atoms with E-state index in [2.05, 4.69) is 65.9 Å². The molecule has 1 saturated heterocycles. The molecule has 3 aromatic carbocycles. The van der Waals surface area contributed by atoms with Crippen molar-refractivity contribution in [2.45, 2.75) is 66.8 Å². The summed E-state index contributed by atoms with van der Waals surface area (Å²) in [6, 6.07) is 30.5. The van der Waals surface area contributed by atoms with Crippen molar-refractivity contribution >= 4 is 34.4 Å². The molecule has 0 spiro atoms. The standard InChI is InChI=1S/C32H39IO6S/c1-23(33)31(34-2)39-30-29(37-21-26-17-11-6-12-18-26)28(36-20-25-15-9-5-10-16-25)27(38-32(30)40-3)22-35-19-24-13-7-4-8-14-24/h4-18,23,27-32H,19-22H2,1-3H3/t23?,27-,28-,29+,30-,31?,32+/m1/s1. The van der Waals surface area contributed by atoms with Gasteiger partial charge in [-0.25, -0.2) is 0 Å². The molecular weight excluding hydrogens is 639 g/mol. The minimum Gasteiger partial charge on any atom is -0.374 e. The maximum atomic E-state index is 6.68. The molecule has 3 aromatic rings. The van der Waals surface area contributed by atoms with Crippen molar-refractivity contribution < 1.29 is 28.4 Å². The van der Waals surface area contributed by atoms with Crippen molar-refractivity contribution in [1.82, 2.24) is 0 Å². The first-order valence-electron chi connectivity index (χ1n) is 13.5. The number of hydrogen-bond acceptors (Lipinski definition) is 7. The van der Waals surface area contributed by atoms with Gasteiger partial charge in [0.2, 0.25) is 0 Å². The summed E-state index contributed by atoms with van der Waals surface area (Å²) < 4.78 is 38.5. The highest BCUT2D eigenvalue weighted by Crippen LogP contribution is 2.35.